The number of nitrogens with one attached hydrogen (secondary N) is 1. The Morgan fingerprint density at radius 2 is 1.92 bits per heavy atom. The van der Waals surface area contributed by atoms with Gasteiger partial charge in [-0.2, -0.15) is 9.78 Å². The summed E-state index contributed by atoms with van der Waals surface area (Å²) >= 11 is 0. The molecular weight excluding hydrogens is 464 g/mol. The van der Waals surface area contributed by atoms with Crippen LogP contribution in [0.2, 0.25) is 0 Å². The number of aryl methyl sites for hydroxylation is 1. The molecule has 198 valence electrons. The largest absolute Gasteiger partial charge is 0.442 e. The minimum atomic E-state index is -0.607. The van der Waals surface area contributed by atoms with Crippen LogP contribution in [0.5, 0.6) is 0 Å². The van der Waals surface area contributed by atoms with Crippen molar-refractivity contribution in [1.82, 2.24) is 24.6 Å². The van der Waals surface area contributed by atoms with Gasteiger partial charge in [0.1, 0.15) is 11.1 Å². The van der Waals surface area contributed by atoms with Crippen LogP contribution in [-0.2, 0) is 4.74 Å². The molecule has 3 aromatic heterocycles. The lowest BCUT2D eigenvalue weighted by Gasteiger charge is -2.31. The zero-order valence-electron chi connectivity index (χ0n) is 23.3. The van der Waals surface area contributed by atoms with Crippen LogP contribution >= 0.6 is 0 Å². The highest BCUT2D eigenvalue weighted by Crippen LogP contribution is 2.34. The van der Waals surface area contributed by atoms with Crippen molar-refractivity contribution in [1.29, 1.82) is 0 Å². The van der Waals surface area contributed by atoms with Gasteiger partial charge in [0.2, 0.25) is 0 Å². The average Bonchev–Trinajstić information content (AvgIpc) is 3.12. The molecule has 0 aromatic carbocycles. The van der Waals surface area contributed by atoms with Crippen LogP contribution in [0.4, 0.5) is 10.5 Å². The first-order valence-corrected chi connectivity index (χ1v) is 13.1. The summed E-state index contributed by atoms with van der Waals surface area (Å²) in [4.78, 5) is 24.7. The van der Waals surface area contributed by atoms with Gasteiger partial charge in [0.25, 0.3) is 0 Å². The molecule has 8 nitrogen and oxygen atoms in total. The van der Waals surface area contributed by atoms with Gasteiger partial charge in [0.15, 0.2) is 0 Å². The van der Waals surface area contributed by atoms with Gasteiger partial charge in [-0.3, -0.25) is 4.98 Å². The van der Waals surface area contributed by atoms with Crippen molar-refractivity contribution < 1.29 is 9.53 Å². The lowest BCUT2D eigenvalue weighted by molar-refractivity contribution is 0.0510. The van der Waals surface area contributed by atoms with Crippen molar-refractivity contribution in [3.63, 3.8) is 0 Å². The van der Waals surface area contributed by atoms with E-state index in [0.29, 0.717) is 11.7 Å². The molecule has 1 N–H and O–H groups in total. The standard InChI is InChI=1S/C29H40N6O2/c1-9-21-16-30-24-15-14-23(25-18(2)33-35(19(25)3)28(36)37-29(4,5)6)32-27(24)26(21)31-22-12-10-20(11-13-22)17-34(7)8/h9,14-16,20,22H,1,10-13,17H2,2-8H3,(H,30,31). The highest BCUT2D eigenvalue weighted by Gasteiger charge is 2.25. The summed E-state index contributed by atoms with van der Waals surface area (Å²) in [5.41, 5.74) is 5.89. The third-order valence-electron chi connectivity index (χ3n) is 6.89. The van der Waals surface area contributed by atoms with E-state index in [1.807, 2.05) is 59.0 Å². The maximum atomic E-state index is 12.8. The van der Waals surface area contributed by atoms with Crippen molar-refractivity contribution in [2.45, 2.75) is 71.9 Å². The molecule has 1 fully saturated rings. The molecule has 1 aliphatic rings. The lowest BCUT2D eigenvalue weighted by atomic mass is 9.85. The van der Waals surface area contributed by atoms with Gasteiger partial charge < -0.3 is 15.0 Å². The summed E-state index contributed by atoms with van der Waals surface area (Å²) in [6.07, 6.45) is 7.86. The third-order valence-corrected chi connectivity index (χ3v) is 6.89. The number of anilines is 1. The van der Waals surface area contributed by atoms with Crippen molar-refractivity contribution >= 4 is 28.9 Å². The van der Waals surface area contributed by atoms with Crippen LogP contribution < -0.4 is 5.32 Å². The Hall–Kier alpha value is -3.26. The Labute approximate surface area is 220 Å². The molecule has 4 rings (SSSR count). The predicted molar refractivity (Wildman–Crippen MR) is 150 cm³/mol. The second-order valence-corrected chi connectivity index (χ2v) is 11.4. The molecule has 0 atom stereocenters. The lowest BCUT2D eigenvalue weighted by Crippen LogP contribution is -2.31. The second-order valence-electron chi connectivity index (χ2n) is 11.4. The molecule has 0 aliphatic heterocycles. The van der Waals surface area contributed by atoms with Crippen molar-refractivity contribution in [2.24, 2.45) is 5.92 Å². The maximum absolute atomic E-state index is 12.8. The molecule has 0 radical (unpaired) electrons. The predicted octanol–water partition coefficient (Wildman–Crippen LogP) is 6.07. The van der Waals surface area contributed by atoms with E-state index in [0.717, 1.165) is 64.5 Å². The molecule has 0 unspecified atom stereocenters. The molecule has 1 aliphatic carbocycles. The highest BCUT2D eigenvalue weighted by molar-refractivity contribution is 5.94. The highest BCUT2D eigenvalue weighted by atomic mass is 16.6. The van der Waals surface area contributed by atoms with Gasteiger partial charge in [-0.25, -0.2) is 9.78 Å². The smallest absolute Gasteiger partial charge is 0.435 e. The normalized spacial score (nSPS) is 18.3. The van der Waals surface area contributed by atoms with Gasteiger partial charge in [0.05, 0.1) is 28.3 Å². The van der Waals surface area contributed by atoms with E-state index in [-0.39, 0.29) is 0 Å². The number of rotatable bonds is 6. The molecule has 0 saturated heterocycles. The Kier molecular flexibility index (Phi) is 7.69. The van der Waals surface area contributed by atoms with Gasteiger partial charge >= 0.3 is 6.09 Å². The molecule has 0 bridgehead atoms. The van der Waals surface area contributed by atoms with E-state index in [1.165, 1.54) is 17.5 Å². The summed E-state index contributed by atoms with van der Waals surface area (Å²) < 4.78 is 6.87. The number of ether oxygens (including phenoxy) is 1. The van der Waals surface area contributed by atoms with Crippen LogP contribution in [0, 0.1) is 19.8 Å². The number of hydrogen-bond donors (Lipinski definition) is 1. The summed E-state index contributed by atoms with van der Waals surface area (Å²) in [6, 6.07) is 4.30. The first-order chi connectivity index (χ1) is 17.5. The number of hydrogen-bond acceptors (Lipinski definition) is 7. The fourth-order valence-corrected chi connectivity index (χ4v) is 5.23. The van der Waals surface area contributed by atoms with E-state index >= 15 is 0 Å². The monoisotopic (exact) mass is 504 g/mol. The van der Waals surface area contributed by atoms with Crippen molar-refractivity contribution in [3.8, 4) is 11.3 Å². The first-order valence-electron chi connectivity index (χ1n) is 13.1. The molecule has 0 spiro atoms. The van der Waals surface area contributed by atoms with E-state index in [4.69, 9.17) is 9.72 Å². The van der Waals surface area contributed by atoms with Crippen LogP contribution in [-0.4, -0.2) is 63.0 Å². The molecule has 1 saturated carbocycles. The van der Waals surface area contributed by atoms with Crippen LogP contribution in [0.15, 0.2) is 24.9 Å². The SMILES string of the molecule is C=Cc1cnc2ccc(-c3c(C)nn(C(=O)OC(C)(C)C)c3C)nc2c1NC1CCC(CN(C)C)CC1. The van der Waals surface area contributed by atoms with E-state index in [2.05, 4.69) is 41.0 Å². The summed E-state index contributed by atoms with van der Waals surface area (Å²) in [5.74, 6) is 0.748. The quantitative estimate of drug-likeness (QED) is 0.436. The van der Waals surface area contributed by atoms with E-state index < -0.39 is 11.7 Å². The number of carbonyl (C=O) groups is 1. The third kappa shape index (κ3) is 6.01. The Balaban J connectivity index is 1.68. The Bertz CT molecular complexity index is 1300. The minimum Gasteiger partial charge on any atom is -0.442 e. The van der Waals surface area contributed by atoms with E-state index in [9.17, 15) is 4.79 Å². The van der Waals surface area contributed by atoms with Gasteiger partial charge in [-0.15, -0.1) is 0 Å². The molecule has 3 heterocycles. The topological polar surface area (TPSA) is 85.2 Å². The first kappa shape index (κ1) is 26.8. The fourth-order valence-electron chi connectivity index (χ4n) is 5.23. The van der Waals surface area contributed by atoms with Crippen LogP contribution in [0.25, 0.3) is 28.4 Å². The average molecular weight is 505 g/mol. The number of nitrogens with zero attached hydrogens (tertiary/aromatic N) is 5. The molecular formula is C29H40N6O2. The van der Waals surface area contributed by atoms with Gasteiger partial charge in [-0.05, 0) is 92.4 Å². The number of carbonyl (C=O) groups excluding carboxylic acids is 1. The Morgan fingerprint density at radius 1 is 1.22 bits per heavy atom. The van der Waals surface area contributed by atoms with Crippen LogP contribution in [0.1, 0.15) is 63.4 Å². The summed E-state index contributed by atoms with van der Waals surface area (Å²) in [7, 11) is 4.29. The Morgan fingerprint density at radius 3 is 2.54 bits per heavy atom. The van der Waals surface area contributed by atoms with Gasteiger partial charge in [-0.1, -0.05) is 12.7 Å². The van der Waals surface area contributed by atoms with Crippen molar-refractivity contribution in [3.05, 3.63) is 41.9 Å². The maximum Gasteiger partial charge on any atom is 0.435 e. The summed E-state index contributed by atoms with van der Waals surface area (Å²) in [6.45, 7) is 14.4. The molecule has 37 heavy (non-hydrogen) atoms. The summed E-state index contributed by atoms with van der Waals surface area (Å²) in [5, 5.41) is 8.27. The zero-order valence-corrected chi connectivity index (χ0v) is 23.3. The number of pyridine rings is 2. The van der Waals surface area contributed by atoms with Crippen LogP contribution in [0.3, 0.4) is 0 Å². The number of fused-ring (bicyclic) bond motifs is 1. The van der Waals surface area contributed by atoms with Crippen molar-refractivity contribution in [2.75, 3.05) is 26.0 Å². The minimum absolute atomic E-state index is 0.381. The zero-order chi connectivity index (χ0) is 26.9. The second kappa shape index (κ2) is 10.6. The number of aromatic nitrogens is 4. The molecule has 3 aromatic rings. The molecule has 0 amide bonds. The van der Waals surface area contributed by atoms with Gasteiger partial charge in [0, 0.05) is 29.9 Å². The van der Waals surface area contributed by atoms with E-state index in [1.54, 1.807) is 0 Å². The molecule has 8 heteroatoms. The fraction of sp³-hybridized carbons (Fsp3) is 0.517.